The molecule has 3 aromatic rings. The first-order chi connectivity index (χ1) is 13.8. The van der Waals surface area contributed by atoms with E-state index in [2.05, 4.69) is 10.0 Å². The highest BCUT2D eigenvalue weighted by atomic mass is 32.2. The van der Waals surface area contributed by atoms with Gasteiger partial charge in [-0.1, -0.05) is 42.5 Å². The maximum absolute atomic E-state index is 12.4. The second-order valence-corrected chi connectivity index (χ2v) is 7.79. The van der Waals surface area contributed by atoms with Crippen LogP contribution in [-0.2, 0) is 21.2 Å². The van der Waals surface area contributed by atoms with Gasteiger partial charge in [0.15, 0.2) is 0 Å². The molecule has 0 radical (unpaired) electrons. The SMILES string of the molecule is O=C(Cc1ccccc1[N+](=O)[O-])Nc1cccc(NS(=O)(=O)c2ccccc2)c1. The van der Waals surface area contributed by atoms with Crippen molar-refractivity contribution >= 4 is 33.0 Å². The Balaban J connectivity index is 1.72. The van der Waals surface area contributed by atoms with Crippen molar-refractivity contribution in [3.63, 3.8) is 0 Å². The van der Waals surface area contributed by atoms with Gasteiger partial charge in [-0.15, -0.1) is 0 Å². The number of nitrogens with one attached hydrogen (secondary N) is 2. The summed E-state index contributed by atoms with van der Waals surface area (Å²) in [5, 5.41) is 13.7. The minimum Gasteiger partial charge on any atom is -0.326 e. The fourth-order valence-corrected chi connectivity index (χ4v) is 3.76. The minimum absolute atomic E-state index is 0.117. The van der Waals surface area contributed by atoms with Crippen LogP contribution < -0.4 is 10.0 Å². The number of nitro benzene ring substituents is 1. The van der Waals surface area contributed by atoms with E-state index in [0.29, 0.717) is 5.69 Å². The maximum atomic E-state index is 12.4. The molecule has 0 fully saturated rings. The van der Waals surface area contributed by atoms with Crippen molar-refractivity contribution in [2.24, 2.45) is 0 Å². The van der Waals surface area contributed by atoms with E-state index >= 15 is 0 Å². The van der Waals surface area contributed by atoms with Gasteiger partial charge in [-0.3, -0.25) is 19.6 Å². The van der Waals surface area contributed by atoms with Crippen LogP contribution in [0.4, 0.5) is 17.1 Å². The summed E-state index contributed by atoms with van der Waals surface area (Å²) < 4.78 is 27.3. The zero-order valence-electron chi connectivity index (χ0n) is 15.1. The molecule has 0 atom stereocenters. The van der Waals surface area contributed by atoms with Gasteiger partial charge in [0, 0.05) is 17.3 Å². The quantitative estimate of drug-likeness (QED) is 0.455. The van der Waals surface area contributed by atoms with Crippen LogP contribution in [0.2, 0.25) is 0 Å². The summed E-state index contributed by atoms with van der Waals surface area (Å²) in [5.41, 5.74) is 0.794. The maximum Gasteiger partial charge on any atom is 0.273 e. The van der Waals surface area contributed by atoms with Gasteiger partial charge in [0.1, 0.15) is 0 Å². The molecule has 0 spiro atoms. The third-order valence-corrected chi connectivity index (χ3v) is 5.39. The molecule has 0 saturated carbocycles. The van der Waals surface area contributed by atoms with E-state index < -0.39 is 20.9 Å². The molecule has 3 aromatic carbocycles. The first-order valence-corrected chi connectivity index (χ1v) is 10.0. The summed E-state index contributed by atoms with van der Waals surface area (Å²) in [6, 6.07) is 20.1. The first-order valence-electron chi connectivity index (χ1n) is 8.55. The molecule has 148 valence electrons. The van der Waals surface area contributed by atoms with Gasteiger partial charge in [0.25, 0.3) is 15.7 Å². The topological polar surface area (TPSA) is 118 Å². The van der Waals surface area contributed by atoms with Gasteiger partial charge >= 0.3 is 0 Å². The van der Waals surface area contributed by atoms with Crippen molar-refractivity contribution in [1.29, 1.82) is 0 Å². The second-order valence-electron chi connectivity index (χ2n) is 6.11. The highest BCUT2D eigenvalue weighted by Crippen LogP contribution is 2.21. The monoisotopic (exact) mass is 411 g/mol. The van der Waals surface area contributed by atoms with Gasteiger partial charge in [-0.05, 0) is 30.3 Å². The zero-order chi connectivity index (χ0) is 20.9. The van der Waals surface area contributed by atoms with Crippen LogP contribution in [0.1, 0.15) is 5.56 Å². The first kappa shape index (κ1) is 20.0. The number of benzene rings is 3. The van der Waals surface area contributed by atoms with Crippen LogP contribution in [0.3, 0.4) is 0 Å². The molecule has 0 bridgehead atoms. The minimum atomic E-state index is -3.76. The Labute approximate surface area is 167 Å². The highest BCUT2D eigenvalue weighted by molar-refractivity contribution is 7.92. The molecule has 0 saturated heterocycles. The summed E-state index contributed by atoms with van der Waals surface area (Å²) in [6.45, 7) is 0. The number of sulfonamides is 1. The Kier molecular flexibility index (Phi) is 5.89. The normalized spacial score (nSPS) is 10.9. The molecule has 0 aliphatic rings. The summed E-state index contributed by atoms with van der Waals surface area (Å²) in [4.78, 5) is 22.9. The lowest BCUT2D eigenvalue weighted by atomic mass is 10.1. The van der Waals surface area contributed by atoms with E-state index in [1.165, 1.54) is 36.4 Å². The standard InChI is InChI=1S/C20H17N3O5S/c24-20(13-15-7-4-5-12-19(15)23(25)26)21-16-8-6-9-17(14-16)22-29(27,28)18-10-2-1-3-11-18/h1-12,14,22H,13H2,(H,21,24). The van der Waals surface area contributed by atoms with E-state index in [0.717, 1.165) is 0 Å². The van der Waals surface area contributed by atoms with Crippen LogP contribution in [0.15, 0.2) is 83.8 Å². The van der Waals surface area contributed by atoms with Crippen molar-refractivity contribution in [3.05, 3.63) is 94.5 Å². The molecule has 0 unspecified atom stereocenters. The number of amides is 1. The summed E-state index contributed by atoms with van der Waals surface area (Å²) >= 11 is 0. The van der Waals surface area contributed by atoms with Crippen molar-refractivity contribution in [3.8, 4) is 0 Å². The average Bonchev–Trinajstić information content (AvgIpc) is 2.69. The van der Waals surface area contributed by atoms with Crippen LogP contribution in [0, 0.1) is 10.1 Å². The Bertz CT molecular complexity index is 1150. The third-order valence-electron chi connectivity index (χ3n) is 3.99. The Morgan fingerprint density at radius 3 is 2.28 bits per heavy atom. The predicted octanol–water partition coefficient (Wildman–Crippen LogP) is 3.58. The molecular weight excluding hydrogens is 394 g/mol. The molecule has 29 heavy (non-hydrogen) atoms. The molecule has 0 aromatic heterocycles. The molecule has 0 aliphatic heterocycles. The average molecular weight is 411 g/mol. The van der Waals surface area contributed by atoms with Crippen molar-refractivity contribution in [2.75, 3.05) is 10.0 Å². The summed E-state index contributed by atoms with van der Waals surface area (Å²) in [5.74, 6) is -0.456. The van der Waals surface area contributed by atoms with Crippen molar-refractivity contribution in [1.82, 2.24) is 0 Å². The van der Waals surface area contributed by atoms with Gasteiger partial charge in [0.05, 0.1) is 21.9 Å². The Morgan fingerprint density at radius 1 is 0.897 bits per heavy atom. The van der Waals surface area contributed by atoms with E-state index in [1.54, 1.807) is 42.5 Å². The van der Waals surface area contributed by atoms with Gasteiger partial charge in [0.2, 0.25) is 5.91 Å². The van der Waals surface area contributed by atoms with Gasteiger partial charge in [-0.2, -0.15) is 0 Å². The number of hydrogen-bond donors (Lipinski definition) is 2. The lowest BCUT2D eigenvalue weighted by Gasteiger charge is -2.10. The zero-order valence-corrected chi connectivity index (χ0v) is 15.9. The molecule has 2 N–H and O–H groups in total. The van der Waals surface area contributed by atoms with Crippen molar-refractivity contribution < 1.29 is 18.1 Å². The molecule has 9 heteroatoms. The number of nitro groups is 1. The molecular formula is C20H17N3O5S. The summed E-state index contributed by atoms with van der Waals surface area (Å²) in [6.07, 6.45) is -0.183. The smallest absolute Gasteiger partial charge is 0.273 e. The predicted molar refractivity (Wildman–Crippen MR) is 109 cm³/mol. The van der Waals surface area contributed by atoms with Crippen LogP contribution in [0.5, 0.6) is 0 Å². The molecule has 0 aliphatic carbocycles. The summed E-state index contributed by atoms with van der Waals surface area (Å²) in [7, 11) is -3.76. The Morgan fingerprint density at radius 2 is 1.55 bits per heavy atom. The van der Waals surface area contributed by atoms with Crippen LogP contribution >= 0.6 is 0 Å². The largest absolute Gasteiger partial charge is 0.326 e. The Hall–Kier alpha value is -3.72. The van der Waals surface area contributed by atoms with Gasteiger partial charge in [-0.25, -0.2) is 8.42 Å². The van der Waals surface area contributed by atoms with Crippen molar-refractivity contribution in [2.45, 2.75) is 11.3 Å². The fraction of sp³-hybridized carbons (Fsp3) is 0.0500. The number of hydrogen-bond acceptors (Lipinski definition) is 5. The van der Waals surface area contributed by atoms with E-state index in [4.69, 9.17) is 0 Å². The molecule has 1 amide bonds. The third kappa shape index (κ3) is 5.17. The van der Waals surface area contributed by atoms with E-state index in [9.17, 15) is 23.3 Å². The highest BCUT2D eigenvalue weighted by Gasteiger charge is 2.16. The number of rotatable bonds is 7. The molecule has 8 nitrogen and oxygen atoms in total. The number of para-hydroxylation sites is 1. The van der Waals surface area contributed by atoms with E-state index in [1.807, 2.05) is 0 Å². The van der Waals surface area contributed by atoms with E-state index in [-0.39, 0.29) is 28.3 Å². The number of nitrogens with zero attached hydrogens (tertiary/aromatic N) is 1. The number of anilines is 2. The number of carbonyl (C=O) groups excluding carboxylic acids is 1. The van der Waals surface area contributed by atoms with Gasteiger partial charge < -0.3 is 5.32 Å². The molecule has 0 heterocycles. The second kappa shape index (κ2) is 8.53. The molecule has 3 rings (SSSR count). The van der Waals surface area contributed by atoms with Crippen LogP contribution in [0.25, 0.3) is 0 Å². The van der Waals surface area contributed by atoms with Crippen LogP contribution in [-0.4, -0.2) is 19.2 Å². The lowest BCUT2D eigenvalue weighted by Crippen LogP contribution is -2.16. The number of carbonyl (C=O) groups is 1. The fourth-order valence-electron chi connectivity index (χ4n) is 2.69. The lowest BCUT2D eigenvalue weighted by molar-refractivity contribution is -0.385.